The number of halogens is 3. The van der Waals surface area contributed by atoms with E-state index in [1.807, 2.05) is 0 Å². The first kappa shape index (κ1) is 19.8. The molecule has 0 bridgehead atoms. The topological polar surface area (TPSA) is 85.1 Å². The minimum absolute atomic E-state index is 0.298. The van der Waals surface area contributed by atoms with Crippen LogP contribution in [0.5, 0.6) is 5.75 Å². The van der Waals surface area contributed by atoms with E-state index in [0.29, 0.717) is 23.0 Å². The highest BCUT2D eigenvalue weighted by Crippen LogP contribution is 2.28. The predicted molar refractivity (Wildman–Crippen MR) is 103 cm³/mol. The number of nitrogen functional groups attached to an aromatic ring is 1. The third-order valence-electron chi connectivity index (χ3n) is 4.36. The first-order valence-corrected chi connectivity index (χ1v) is 9.06. The molecule has 9 heteroatoms. The Kier molecular flexibility index (Phi) is 6.23. The van der Waals surface area contributed by atoms with Gasteiger partial charge in [0.05, 0.1) is 0 Å². The summed E-state index contributed by atoms with van der Waals surface area (Å²) in [5.74, 6) is 0.595. The van der Waals surface area contributed by atoms with Crippen molar-refractivity contribution in [2.45, 2.75) is 38.5 Å². The lowest BCUT2D eigenvalue weighted by Gasteiger charge is -2.15. The van der Waals surface area contributed by atoms with Crippen LogP contribution in [0, 0.1) is 0 Å². The highest BCUT2D eigenvalue weighted by Gasteiger charge is 2.30. The lowest BCUT2D eigenvalue weighted by molar-refractivity contribution is -0.274. The van der Waals surface area contributed by atoms with Crippen molar-refractivity contribution in [1.82, 2.24) is 9.97 Å². The van der Waals surface area contributed by atoms with E-state index in [1.165, 1.54) is 49.0 Å². The van der Waals surface area contributed by atoms with Gasteiger partial charge in [-0.25, -0.2) is 9.97 Å². The quantitative estimate of drug-likeness (QED) is 0.574. The highest BCUT2D eigenvalue weighted by atomic mass is 19.4. The molecule has 0 saturated carbocycles. The summed E-state index contributed by atoms with van der Waals surface area (Å²) in [6.07, 6.45) is 4.67. The SMILES string of the molecule is Nc1c(NCCC2=CCCCC2)ncnc1Nc1ccc(OC(F)(F)F)cc1. The third-order valence-corrected chi connectivity index (χ3v) is 4.36. The molecule has 0 saturated heterocycles. The summed E-state index contributed by atoms with van der Waals surface area (Å²) in [6.45, 7) is 0.718. The molecule has 28 heavy (non-hydrogen) atoms. The van der Waals surface area contributed by atoms with Crippen LogP contribution >= 0.6 is 0 Å². The molecule has 1 aromatic carbocycles. The van der Waals surface area contributed by atoms with Crippen LogP contribution in [0.25, 0.3) is 0 Å². The van der Waals surface area contributed by atoms with E-state index >= 15 is 0 Å². The van der Waals surface area contributed by atoms with E-state index in [4.69, 9.17) is 5.73 Å². The number of benzene rings is 1. The molecule has 0 fully saturated rings. The van der Waals surface area contributed by atoms with E-state index in [0.717, 1.165) is 25.8 Å². The molecule has 1 heterocycles. The van der Waals surface area contributed by atoms with Gasteiger partial charge in [-0.2, -0.15) is 0 Å². The summed E-state index contributed by atoms with van der Waals surface area (Å²) < 4.78 is 40.5. The number of hydrogen-bond donors (Lipinski definition) is 3. The zero-order valence-electron chi connectivity index (χ0n) is 15.2. The Morgan fingerprint density at radius 2 is 1.82 bits per heavy atom. The Labute approximate surface area is 161 Å². The number of nitrogens with one attached hydrogen (secondary N) is 2. The summed E-state index contributed by atoms with van der Waals surface area (Å²) in [5, 5.41) is 6.20. The minimum atomic E-state index is -4.72. The van der Waals surface area contributed by atoms with Gasteiger partial charge in [0.1, 0.15) is 17.8 Å². The molecule has 4 N–H and O–H groups in total. The number of rotatable bonds is 7. The van der Waals surface area contributed by atoms with Gasteiger partial charge in [-0.1, -0.05) is 11.6 Å². The van der Waals surface area contributed by atoms with Gasteiger partial charge < -0.3 is 21.1 Å². The molecule has 0 amide bonds. The zero-order chi connectivity index (χ0) is 20.0. The summed E-state index contributed by atoms with van der Waals surface area (Å²) in [5.41, 5.74) is 8.44. The number of hydrogen-bond acceptors (Lipinski definition) is 6. The second-order valence-electron chi connectivity index (χ2n) is 6.47. The van der Waals surface area contributed by atoms with Crippen molar-refractivity contribution in [3.05, 3.63) is 42.2 Å². The van der Waals surface area contributed by atoms with Crippen LogP contribution in [-0.2, 0) is 0 Å². The van der Waals surface area contributed by atoms with Gasteiger partial charge in [0.25, 0.3) is 0 Å². The molecular formula is C19H22F3N5O. The standard InChI is InChI=1S/C19H22F3N5O/c20-19(21,22)28-15-8-6-14(7-9-15)27-18-16(23)17(25-12-26-18)24-11-10-13-4-2-1-3-5-13/h4,6-9,12H,1-3,5,10-11,23H2,(H2,24,25,26,27). The first-order valence-electron chi connectivity index (χ1n) is 9.06. The number of alkyl halides is 3. The van der Waals surface area contributed by atoms with Gasteiger partial charge in [0, 0.05) is 12.2 Å². The van der Waals surface area contributed by atoms with Gasteiger partial charge >= 0.3 is 6.36 Å². The van der Waals surface area contributed by atoms with Crippen LogP contribution in [0.2, 0.25) is 0 Å². The molecule has 1 aliphatic carbocycles. The van der Waals surface area contributed by atoms with Crippen LogP contribution in [0.1, 0.15) is 32.1 Å². The Bertz CT molecular complexity index is 821. The molecule has 0 spiro atoms. The summed E-state index contributed by atoms with van der Waals surface area (Å²) in [7, 11) is 0. The maximum absolute atomic E-state index is 12.2. The molecule has 150 valence electrons. The van der Waals surface area contributed by atoms with Crippen LogP contribution < -0.4 is 21.1 Å². The van der Waals surface area contributed by atoms with E-state index < -0.39 is 6.36 Å². The van der Waals surface area contributed by atoms with Crippen LogP contribution in [0.4, 0.5) is 36.2 Å². The lowest BCUT2D eigenvalue weighted by Crippen LogP contribution is -2.17. The number of ether oxygens (including phenoxy) is 1. The predicted octanol–water partition coefficient (Wildman–Crippen LogP) is 5.00. The number of allylic oxidation sites excluding steroid dienone is 1. The van der Waals surface area contributed by atoms with Gasteiger partial charge in [-0.3, -0.25) is 0 Å². The molecule has 0 unspecified atom stereocenters. The average molecular weight is 393 g/mol. The van der Waals surface area contributed by atoms with Crippen LogP contribution in [-0.4, -0.2) is 22.9 Å². The van der Waals surface area contributed by atoms with Gasteiger partial charge in [0.15, 0.2) is 11.6 Å². The van der Waals surface area contributed by atoms with Crippen molar-refractivity contribution in [2.24, 2.45) is 0 Å². The number of aromatic nitrogens is 2. The van der Waals surface area contributed by atoms with Crippen molar-refractivity contribution >= 4 is 23.0 Å². The number of nitrogens with zero attached hydrogens (tertiary/aromatic N) is 2. The van der Waals surface area contributed by atoms with Gasteiger partial charge in [-0.15, -0.1) is 13.2 Å². The fourth-order valence-electron chi connectivity index (χ4n) is 2.99. The smallest absolute Gasteiger partial charge is 0.406 e. The van der Waals surface area contributed by atoms with Crippen LogP contribution in [0.15, 0.2) is 42.2 Å². The van der Waals surface area contributed by atoms with Crippen molar-refractivity contribution in [3.8, 4) is 5.75 Å². The van der Waals surface area contributed by atoms with E-state index in [2.05, 4.69) is 31.4 Å². The van der Waals surface area contributed by atoms with Crippen molar-refractivity contribution in [2.75, 3.05) is 22.9 Å². The fourth-order valence-corrected chi connectivity index (χ4v) is 2.99. The normalized spacial score (nSPS) is 14.3. The monoisotopic (exact) mass is 393 g/mol. The summed E-state index contributed by atoms with van der Waals surface area (Å²) >= 11 is 0. The van der Waals surface area contributed by atoms with E-state index in [1.54, 1.807) is 0 Å². The summed E-state index contributed by atoms with van der Waals surface area (Å²) in [6, 6.07) is 5.32. The summed E-state index contributed by atoms with van der Waals surface area (Å²) in [4.78, 5) is 8.27. The molecule has 0 radical (unpaired) electrons. The average Bonchev–Trinajstić information content (AvgIpc) is 2.66. The van der Waals surface area contributed by atoms with Crippen molar-refractivity contribution in [1.29, 1.82) is 0 Å². The molecule has 1 aromatic heterocycles. The molecule has 6 nitrogen and oxygen atoms in total. The zero-order valence-corrected chi connectivity index (χ0v) is 15.2. The molecule has 0 aliphatic heterocycles. The fraction of sp³-hybridized carbons (Fsp3) is 0.368. The molecular weight excluding hydrogens is 371 g/mol. The molecule has 3 rings (SSSR count). The second-order valence-corrected chi connectivity index (χ2v) is 6.47. The maximum Gasteiger partial charge on any atom is 0.573 e. The Morgan fingerprint density at radius 3 is 2.50 bits per heavy atom. The Balaban J connectivity index is 1.60. The van der Waals surface area contributed by atoms with Gasteiger partial charge in [0.2, 0.25) is 0 Å². The molecule has 1 aliphatic rings. The maximum atomic E-state index is 12.2. The van der Waals surface area contributed by atoms with Crippen molar-refractivity contribution < 1.29 is 17.9 Å². The Morgan fingerprint density at radius 1 is 1.07 bits per heavy atom. The van der Waals surface area contributed by atoms with E-state index in [-0.39, 0.29) is 5.75 Å². The third kappa shape index (κ3) is 5.77. The Hall–Kier alpha value is -2.97. The van der Waals surface area contributed by atoms with E-state index in [9.17, 15) is 13.2 Å². The number of nitrogens with two attached hydrogens (primary N) is 1. The molecule has 2 aromatic rings. The minimum Gasteiger partial charge on any atom is -0.406 e. The lowest BCUT2D eigenvalue weighted by atomic mass is 9.97. The number of anilines is 4. The first-order chi connectivity index (χ1) is 13.4. The molecule has 0 atom stereocenters. The van der Waals surface area contributed by atoms with Crippen LogP contribution in [0.3, 0.4) is 0 Å². The highest BCUT2D eigenvalue weighted by molar-refractivity contribution is 5.77. The largest absolute Gasteiger partial charge is 0.573 e. The second kappa shape index (κ2) is 8.81. The van der Waals surface area contributed by atoms with Gasteiger partial charge in [-0.05, 0) is 56.4 Å². The van der Waals surface area contributed by atoms with Crippen molar-refractivity contribution in [3.63, 3.8) is 0 Å².